The molecule has 0 spiro atoms. The number of hydrogen-bond acceptors (Lipinski definition) is 0. The van der Waals surface area contributed by atoms with Crippen LogP contribution in [0, 0.1) is 11.6 Å². The van der Waals surface area contributed by atoms with E-state index in [1.165, 1.54) is 6.07 Å². The predicted octanol–water partition coefficient (Wildman–Crippen LogP) is 1.52. The average molecular weight is 180 g/mol. The fraction of sp³-hybridized carbons (Fsp3) is 0. The van der Waals surface area contributed by atoms with Crippen LogP contribution in [0.3, 0.4) is 0 Å². The molecule has 0 amide bonds. The Kier molecular flexibility index (Phi) is 1.94. The van der Waals surface area contributed by atoms with Gasteiger partial charge >= 0.3 is 0 Å². The molecule has 66 valence electrons. The van der Waals surface area contributed by atoms with Crippen molar-refractivity contribution >= 4 is 5.69 Å². The van der Waals surface area contributed by atoms with Crippen LogP contribution in [0.4, 0.5) is 14.5 Å². The maximum atomic E-state index is 13.2. The van der Waals surface area contributed by atoms with E-state index in [4.69, 9.17) is 0 Å². The van der Waals surface area contributed by atoms with Crippen molar-refractivity contribution in [3.63, 3.8) is 0 Å². The minimum Gasteiger partial charge on any atom is -0.248 e. The minimum atomic E-state index is -0.419. The molecule has 1 aromatic carbocycles. The highest BCUT2D eigenvalue weighted by atomic mass is 19.1. The summed E-state index contributed by atoms with van der Waals surface area (Å²) in [4.78, 5) is 0.706. The Morgan fingerprint density at radius 2 is 1.69 bits per heavy atom. The molecule has 0 unspecified atom stereocenters. The lowest BCUT2D eigenvalue weighted by atomic mass is 10.3. The highest BCUT2D eigenvalue weighted by molar-refractivity contribution is 5.33. The third kappa shape index (κ3) is 1.51. The zero-order valence-electron chi connectivity index (χ0n) is 6.80. The van der Waals surface area contributed by atoms with Crippen molar-refractivity contribution in [2.24, 2.45) is 0 Å². The van der Waals surface area contributed by atoms with E-state index in [0.29, 0.717) is 10.6 Å². The van der Waals surface area contributed by atoms with Gasteiger partial charge in [-0.1, -0.05) is 0 Å². The number of benzene rings is 1. The molecule has 0 atom stereocenters. The number of halogens is 2. The summed E-state index contributed by atoms with van der Waals surface area (Å²) in [5.74, 6) is -0.815. The lowest BCUT2D eigenvalue weighted by molar-refractivity contribution is -0.711. The van der Waals surface area contributed by atoms with Crippen molar-refractivity contribution < 1.29 is 13.7 Å². The van der Waals surface area contributed by atoms with Gasteiger partial charge in [0.05, 0.1) is 0 Å². The summed E-state index contributed by atoms with van der Waals surface area (Å²) in [5, 5.41) is 0. The van der Waals surface area contributed by atoms with E-state index in [-0.39, 0.29) is 0 Å². The first kappa shape index (κ1) is 8.13. The van der Waals surface area contributed by atoms with Crippen LogP contribution < -0.4 is 4.90 Å². The van der Waals surface area contributed by atoms with Gasteiger partial charge < -0.3 is 0 Å². The molecule has 13 heavy (non-hydrogen) atoms. The summed E-state index contributed by atoms with van der Waals surface area (Å²) in [6.07, 6.45) is 7.08. The Morgan fingerprint density at radius 3 is 2.38 bits per heavy atom. The molecular weight excluding hydrogens is 172 g/mol. The molecule has 0 radical (unpaired) electrons. The molecule has 1 heterocycles. The van der Waals surface area contributed by atoms with Gasteiger partial charge in [-0.05, 0) is 24.3 Å². The fourth-order valence-corrected chi connectivity index (χ4v) is 1.27. The lowest BCUT2D eigenvalue weighted by Crippen LogP contribution is -2.96. The Morgan fingerprint density at radius 1 is 1.00 bits per heavy atom. The second kappa shape index (κ2) is 3.11. The van der Waals surface area contributed by atoms with Gasteiger partial charge in [-0.25, -0.2) is 13.7 Å². The quantitative estimate of drug-likeness (QED) is 0.668. The first-order valence-corrected chi connectivity index (χ1v) is 3.94. The summed E-state index contributed by atoms with van der Waals surface area (Å²) >= 11 is 0. The van der Waals surface area contributed by atoms with Gasteiger partial charge in [-0.15, -0.1) is 0 Å². The second-order valence-corrected chi connectivity index (χ2v) is 2.80. The van der Waals surface area contributed by atoms with E-state index in [1.54, 1.807) is 24.6 Å². The van der Waals surface area contributed by atoms with E-state index in [0.717, 1.165) is 12.1 Å². The van der Waals surface area contributed by atoms with Crippen LogP contribution in [-0.2, 0) is 0 Å². The summed E-state index contributed by atoms with van der Waals surface area (Å²) in [6.45, 7) is 0. The summed E-state index contributed by atoms with van der Waals surface area (Å²) in [7, 11) is 0. The molecule has 2 rings (SSSR count). The molecular formula is C10H8F2N+. The molecule has 1 nitrogen and oxygen atoms in total. The monoisotopic (exact) mass is 180 g/mol. The number of allylic oxidation sites excluding steroid dienone is 2. The van der Waals surface area contributed by atoms with Crippen LogP contribution in [0.2, 0.25) is 0 Å². The standard InChI is InChI=1S/C10H7F2N/c11-8-3-4-9(12)10(7-8)13-5-1-2-6-13/h1-7H/p+1. The van der Waals surface area contributed by atoms with Gasteiger partial charge in [0.15, 0.2) is 11.5 Å². The van der Waals surface area contributed by atoms with Crippen LogP contribution in [0.15, 0.2) is 42.8 Å². The third-order valence-corrected chi connectivity index (χ3v) is 1.90. The summed E-state index contributed by atoms with van der Waals surface area (Å²) in [5.41, 5.74) is 0.310. The molecule has 0 saturated heterocycles. The first-order valence-electron chi connectivity index (χ1n) is 3.94. The minimum absolute atomic E-state index is 0.310. The van der Waals surface area contributed by atoms with Crippen LogP contribution in [0.1, 0.15) is 0 Å². The van der Waals surface area contributed by atoms with Crippen LogP contribution in [0.5, 0.6) is 0 Å². The average Bonchev–Trinajstić information content (AvgIpc) is 2.61. The number of hydrogen-bond donors (Lipinski definition) is 1. The van der Waals surface area contributed by atoms with Crippen molar-refractivity contribution in [1.82, 2.24) is 0 Å². The van der Waals surface area contributed by atoms with Gasteiger partial charge in [0.25, 0.3) is 0 Å². The summed E-state index contributed by atoms with van der Waals surface area (Å²) < 4.78 is 25.9. The van der Waals surface area contributed by atoms with Gasteiger partial charge in [-0.3, -0.25) is 0 Å². The molecule has 0 saturated carbocycles. The molecule has 1 aromatic rings. The fourth-order valence-electron chi connectivity index (χ4n) is 1.27. The van der Waals surface area contributed by atoms with Crippen molar-refractivity contribution in [2.45, 2.75) is 0 Å². The van der Waals surface area contributed by atoms with Crippen molar-refractivity contribution in [3.8, 4) is 0 Å². The Hall–Kier alpha value is -1.48. The maximum Gasteiger partial charge on any atom is 0.184 e. The highest BCUT2D eigenvalue weighted by Crippen LogP contribution is 2.11. The van der Waals surface area contributed by atoms with Crippen LogP contribution >= 0.6 is 0 Å². The van der Waals surface area contributed by atoms with Crippen LogP contribution in [0.25, 0.3) is 0 Å². The van der Waals surface area contributed by atoms with Crippen molar-refractivity contribution in [1.29, 1.82) is 0 Å². The molecule has 1 aliphatic heterocycles. The molecule has 0 aliphatic carbocycles. The Bertz CT molecular complexity index is 371. The number of nitrogens with one attached hydrogen (secondary N) is 1. The largest absolute Gasteiger partial charge is 0.248 e. The molecule has 0 fully saturated rings. The Balaban J connectivity index is 2.44. The van der Waals surface area contributed by atoms with Crippen LogP contribution in [-0.4, -0.2) is 0 Å². The van der Waals surface area contributed by atoms with Gasteiger partial charge in [0.2, 0.25) is 0 Å². The SMILES string of the molecule is Fc1ccc(F)c([NH+]2C=CC=C2)c1. The van der Waals surface area contributed by atoms with E-state index in [1.807, 2.05) is 0 Å². The van der Waals surface area contributed by atoms with Gasteiger partial charge in [-0.2, -0.15) is 0 Å². The van der Waals surface area contributed by atoms with Crippen molar-refractivity contribution in [3.05, 3.63) is 54.4 Å². The number of rotatable bonds is 1. The first-order chi connectivity index (χ1) is 6.27. The van der Waals surface area contributed by atoms with Crippen molar-refractivity contribution in [2.75, 3.05) is 0 Å². The summed E-state index contributed by atoms with van der Waals surface area (Å²) in [6, 6.07) is 3.45. The van der Waals surface area contributed by atoms with Gasteiger partial charge in [0.1, 0.15) is 18.2 Å². The van der Waals surface area contributed by atoms with E-state index >= 15 is 0 Å². The lowest BCUT2D eigenvalue weighted by Gasteiger charge is -2.06. The molecule has 3 heteroatoms. The van der Waals surface area contributed by atoms with E-state index < -0.39 is 11.6 Å². The normalized spacial score (nSPS) is 15.5. The Labute approximate surface area is 74.6 Å². The molecule has 0 bridgehead atoms. The topological polar surface area (TPSA) is 4.44 Å². The maximum absolute atomic E-state index is 13.2. The molecule has 1 aliphatic rings. The van der Waals surface area contributed by atoms with E-state index in [9.17, 15) is 8.78 Å². The highest BCUT2D eigenvalue weighted by Gasteiger charge is 2.15. The predicted molar refractivity (Wildman–Crippen MR) is 45.3 cm³/mol. The second-order valence-electron chi connectivity index (χ2n) is 2.80. The van der Waals surface area contributed by atoms with E-state index in [2.05, 4.69) is 0 Å². The smallest absolute Gasteiger partial charge is 0.184 e. The zero-order chi connectivity index (χ0) is 9.26. The molecule has 0 aromatic heterocycles. The third-order valence-electron chi connectivity index (χ3n) is 1.90. The number of quaternary nitrogens is 1. The zero-order valence-corrected chi connectivity index (χ0v) is 6.80. The molecule has 1 N–H and O–H groups in total. The van der Waals surface area contributed by atoms with Gasteiger partial charge in [0, 0.05) is 6.07 Å².